The van der Waals surface area contributed by atoms with Gasteiger partial charge in [0.05, 0.1) is 5.60 Å². The summed E-state index contributed by atoms with van der Waals surface area (Å²) in [6.45, 7) is 14.8. The average Bonchev–Trinajstić information content (AvgIpc) is 3.07. The zero-order valence-corrected chi connectivity index (χ0v) is 21.1. The van der Waals surface area contributed by atoms with Crippen LogP contribution in [0.3, 0.4) is 0 Å². The van der Waals surface area contributed by atoms with Crippen molar-refractivity contribution in [1.82, 2.24) is 5.32 Å². The van der Waals surface area contributed by atoms with Crippen LogP contribution >= 0.6 is 0 Å². The summed E-state index contributed by atoms with van der Waals surface area (Å²) >= 11 is 0. The van der Waals surface area contributed by atoms with Crippen molar-refractivity contribution in [3.8, 4) is 0 Å². The first-order chi connectivity index (χ1) is 14.7. The Kier molecular flexibility index (Phi) is 7.96. The zero-order valence-electron chi connectivity index (χ0n) is 21.1. The van der Waals surface area contributed by atoms with E-state index in [1.165, 1.54) is 0 Å². The normalized spacial score (nSPS) is 44.5. The number of ether oxygens (including phenoxy) is 2. The highest BCUT2D eigenvalue weighted by Crippen LogP contribution is 2.44. The van der Waals surface area contributed by atoms with E-state index in [-0.39, 0.29) is 35.7 Å². The Morgan fingerprint density at radius 2 is 1.59 bits per heavy atom. The smallest absolute Gasteiger partial charge is 0.316 e. The number of cyclic esters (lactones) is 1. The van der Waals surface area contributed by atoms with E-state index >= 15 is 0 Å². The van der Waals surface area contributed by atoms with E-state index < -0.39 is 46.9 Å². The second-order valence-corrected chi connectivity index (χ2v) is 10.6. The fourth-order valence-corrected chi connectivity index (χ4v) is 5.84. The molecule has 7 nitrogen and oxygen atoms in total. The summed E-state index contributed by atoms with van der Waals surface area (Å²) < 4.78 is 11.7. The number of ketones is 2. The number of hydrogen-bond donors (Lipinski definition) is 1. The molecule has 2 saturated heterocycles. The summed E-state index contributed by atoms with van der Waals surface area (Å²) in [5.41, 5.74) is -1.47. The lowest BCUT2D eigenvalue weighted by Crippen LogP contribution is -2.53. The topological polar surface area (TPSA) is 98.8 Å². The molecule has 0 aromatic rings. The number of methoxy groups -OCH3 is 1. The molecule has 0 unspecified atom stereocenters. The van der Waals surface area contributed by atoms with Gasteiger partial charge in [-0.05, 0) is 32.6 Å². The lowest BCUT2D eigenvalue weighted by molar-refractivity contribution is -0.166. The standard InChI is InChI=1S/C25H41NO6/c1-10-18-24(7)12-19(27)26-22(24)15(4)20(28)13(2)11-25(8,31-9)17(6)14(3)21(29)16(5)23(30)32-18/h13-18,22H,10-12H2,1-9H3,(H,26,27)/t13-,14-,15+,16-,17-,18-,22-,24-,25-/m1/s1. The third-order valence-corrected chi connectivity index (χ3v) is 8.49. The Hall–Kier alpha value is -1.76. The SMILES string of the molecule is CC[C@H]1OC(=O)[C@H](C)C(=O)[C@H](C)[C@@H](C)[C@](C)(OC)C[C@@H](C)C(=O)[C@H](C)[C@H]2NC(=O)C[C@@]21C. The van der Waals surface area contributed by atoms with Crippen molar-refractivity contribution in [3.63, 3.8) is 0 Å². The van der Waals surface area contributed by atoms with E-state index in [1.54, 1.807) is 14.0 Å². The number of carbonyl (C=O) groups excluding carboxylic acids is 4. The minimum Gasteiger partial charge on any atom is -0.461 e. The third kappa shape index (κ3) is 4.63. The molecule has 2 aliphatic rings. The van der Waals surface area contributed by atoms with Gasteiger partial charge in [-0.1, -0.05) is 41.5 Å². The molecule has 0 radical (unpaired) electrons. The van der Waals surface area contributed by atoms with Crippen LogP contribution in [0, 0.1) is 35.0 Å². The molecule has 32 heavy (non-hydrogen) atoms. The van der Waals surface area contributed by atoms with Crippen LogP contribution in [0.4, 0.5) is 0 Å². The van der Waals surface area contributed by atoms with Gasteiger partial charge in [0.1, 0.15) is 23.6 Å². The number of carbonyl (C=O) groups is 4. The van der Waals surface area contributed by atoms with E-state index in [9.17, 15) is 19.2 Å². The maximum absolute atomic E-state index is 13.5. The largest absolute Gasteiger partial charge is 0.461 e. The summed E-state index contributed by atoms with van der Waals surface area (Å²) in [6.07, 6.45) is 0.512. The first-order valence-corrected chi connectivity index (χ1v) is 11.9. The van der Waals surface area contributed by atoms with Crippen molar-refractivity contribution in [2.24, 2.45) is 35.0 Å². The molecule has 1 N–H and O–H groups in total. The zero-order chi connectivity index (χ0) is 24.6. The first-order valence-electron chi connectivity index (χ1n) is 11.9. The molecule has 0 aromatic heterocycles. The number of nitrogens with one attached hydrogen (secondary N) is 1. The highest BCUT2D eigenvalue weighted by molar-refractivity contribution is 6.00. The summed E-state index contributed by atoms with van der Waals surface area (Å²) in [4.78, 5) is 52.2. The molecular formula is C25H41NO6. The minimum absolute atomic E-state index is 0.0319. The molecule has 0 saturated carbocycles. The molecule has 2 heterocycles. The maximum atomic E-state index is 13.5. The van der Waals surface area contributed by atoms with Crippen molar-refractivity contribution in [3.05, 3.63) is 0 Å². The van der Waals surface area contributed by atoms with Crippen LogP contribution in [-0.4, -0.2) is 48.3 Å². The Labute approximate surface area is 192 Å². The Bertz CT molecular complexity index is 766. The minimum atomic E-state index is -0.922. The fraction of sp³-hybridized carbons (Fsp3) is 0.840. The van der Waals surface area contributed by atoms with Crippen LogP contribution < -0.4 is 5.32 Å². The Morgan fingerprint density at radius 1 is 1.00 bits per heavy atom. The summed E-state index contributed by atoms with van der Waals surface area (Å²) in [7, 11) is 1.59. The molecule has 182 valence electrons. The molecule has 7 heteroatoms. The number of esters is 1. The van der Waals surface area contributed by atoms with Crippen molar-refractivity contribution in [2.45, 2.75) is 92.4 Å². The molecule has 1 amide bonds. The van der Waals surface area contributed by atoms with Crippen LogP contribution in [0.5, 0.6) is 0 Å². The molecule has 9 atom stereocenters. The molecule has 0 bridgehead atoms. The fourth-order valence-electron chi connectivity index (χ4n) is 5.84. The van der Waals surface area contributed by atoms with Crippen LogP contribution in [0.25, 0.3) is 0 Å². The molecule has 0 spiro atoms. The van der Waals surface area contributed by atoms with Gasteiger partial charge in [-0.25, -0.2) is 0 Å². The van der Waals surface area contributed by atoms with Crippen molar-refractivity contribution < 1.29 is 28.7 Å². The lowest BCUT2D eigenvalue weighted by atomic mass is 9.68. The van der Waals surface area contributed by atoms with Crippen LogP contribution in [-0.2, 0) is 28.7 Å². The summed E-state index contributed by atoms with van der Waals surface area (Å²) in [6, 6.07) is -0.457. The number of fused-ring (bicyclic) bond motifs is 1. The highest BCUT2D eigenvalue weighted by Gasteiger charge is 2.54. The second kappa shape index (κ2) is 9.62. The predicted molar refractivity (Wildman–Crippen MR) is 121 cm³/mol. The van der Waals surface area contributed by atoms with Gasteiger partial charge in [0.2, 0.25) is 5.91 Å². The molecular weight excluding hydrogens is 410 g/mol. The van der Waals surface area contributed by atoms with Crippen LogP contribution in [0.2, 0.25) is 0 Å². The average molecular weight is 452 g/mol. The monoisotopic (exact) mass is 451 g/mol. The van der Waals surface area contributed by atoms with Gasteiger partial charge >= 0.3 is 5.97 Å². The van der Waals surface area contributed by atoms with Gasteiger partial charge < -0.3 is 14.8 Å². The molecule has 2 fully saturated rings. The number of amides is 1. The molecule has 0 aliphatic carbocycles. The van der Waals surface area contributed by atoms with Crippen molar-refractivity contribution >= 4 is 23.4 Å². The van der Waals surface area contributed by atoms with Crippen molar-refractivity contribution in [2.75, 3.05) is 7.11 Å². The molecule has 2 rings (SSSR count). The Balaban J connectivity index is 2.57. The van der Waals surface area contributed by atoms with E-state index in [1.807, 2.05) is 48.5 Å². The summed E-state index contributed by atoms with van der Waals surface area (Å²) in [5, 5.41) is 2.98. The third-order valence-electron chi connectivity index (χ3n) is 8.49. The van der Waals surface area contributed by atoms with E-state index in [2.05, 4.69) is 5.32 Å². The van der Waals surface area contributed by atoms with Gasteiger partial charge in [-0.15, -0.1) is 0 Å². The van der Waals surface area contributed by atoms with Crippen LogP contribution in [0.15, 0.2) is 0 Å². The predicted octanol–water partition coefficient (Wildman–Crippen LogP) is 3.33. The maximum Gasteiger partial charge on any atom is 0.316 e. The van der Waals surface area contributed by atoms with Gasteiger partial charge in [-0.2, -0.15) is 0 Å². The lowest BCUT2D eigenvalue weighted by Gasteiger charge is -2.42. The molecule has 0 aromatic carbocycles. The van der Waals surface area contributed by atoms with Gasteiger partial charge in [-0.3, -0.25) is 19.2 Å². The van der Waals surface area contributed by atoms with Gasteiger partial charge in [0, 0.05) is 42.7 Å². The number of Topliss-reactive ketones (excluding diaryl/α,β-unsaturated/α-hetero) is 2. The van der Waals surface area contributed by atoms with Crippen molar-refractivity contribution in [1.29, 1.82) is 0 Å². The van der Waals surface area contributed by atoms with E-state index in [4.69, 9.17) is 9.47 Å². The molecule has 2 aliphatic heterocycles. The van der Waals surface area contributed by atoms with Crippen LogP contribution in [0.1, 0.15) is 74.7 Å². The highest BCUT2D eigenvalue weighted by atomic mass is 16.5. The number of hydrogen-bond acceptors (Lipinski definition) is 6. The number of rotatable bonds is 2. The van der Waals surface area contributed by atoms with E-state index in [0.29, 0.717) is 12.8 Å². The van der Waals surface area contributed by atoms with Gasteiger partial charge in [0.15, 0.2) is 0 Å². The summed E-state index contributed by atoms with van der Waals surface area (Å²) in [5.74, 6) is -3.29. The van der Waals surface area contributed by atoms with E-state index in [0.717, 1.165) is 0 Å². The van der Waals surface area contributed by atoms with Gasteiger partial charge in [0.25, 0.3) is 0 Å². The Morgan fingerprint density at radius 3 is 2.12 bits per heavy atom. The quantitative estimate of drug-likeness (QED) is 0.511. The first kappa shape index (κ1) is 26.5. The second-order valence-electron chi connectivity index (χ2n) is 10.6.